The predicted molar refractivity (Wildman–Crippen MR) is 115 cm³/mol. The Balaban J connectivity index is 1.62. The highest BCUT2D eigenvalue weighted by Crippen LogP contribution is 2.29. The van der Waals surface area contributed by atoms with Gasteiger partial charge in [-0.2, -0.15) is 18.4 Å². The molecule has 0 atom stereocenters. The van der Waals surface area contributed by atoms with Crippen molar-refractivity contribution < 1.29 is 13.2 Å². The number of nitrogens with zero attached hydrogens (tertiary/aromatic N) is 4. The van der Waals surface area contributed by atoms with Crippen molar-refractivity contribution in [2.24, 2.45) is 7.05 Å². The molecule has 2 aromatic carbocycles. The first-order valence-corrected chi connectivity index (χ1v) is 10.4. The van der Waals surface area contributed by atoms with Crippen molar-refractivity contribution in [3.63, 3.8) is 0 Å². The number of hydrogen-bond donors (Lipinski definition) is 0. The first kappa shape index (κ1) is 22.6. The molecule has 0 bridgehead atoms. The maximum absolute atomic E-state index is 13.2. The highest BCUT2D eigenvalue weighted by molar-refractivity contribution is 5.33. The fraction of sp³-hybridized carbons (Fsp3) is 0.292. The zero-order valence-electron chi connectivity index (χ0n) is 17.9. The first-order valence-electron chi connectivity index (χ1n) is 10.4. The second kappa shape index (κ2) is 8.71. The molecule has 0 saturated carbocycles. The van der Waals surface area contributed by atoms with Gasteiger partial charge in [0.05, 0.1) is 29.3 Å². The molecule has 1 aliphatic heterocycles. The van der Waals surface area contributed by atoms with Crippen molar-refractivity contribution >= 4 is 0 Å². The number of aromatic nitrogens is 2. The Morgan fingerprint density at radius 1 is 1.03 bits per heavy atom. The quantitative estimate of drug-likeness (QED) is 0.608. The van der Waals surface area contributed by atoms with Crippen LogP contribution in [0.15, 0.2) is 58.1 Å². The van der Waals surface area contributed by atoms with E-state index in [1.165, 1.54) is 16.7 Å². The highest BCUT2D eigenvalue weighted by atomic mass is 19.4. The SMILES string of the molecule is Cn1c2c(c(=O)n(Cc3ccc(C(F)(F)F)cc3)c1=O)CN(Cc1cccc(C#N)c1)CC2. The lowest BCUT2D eigenvalue weighted by Crippen LogP contribution is -2.47. The van der Waals surface area contributed by atoms with E-state index in [-0.39, 0.29) is 6.54 Å². The van der Waals surface area contributed by atoms with Crippen molar-refractivity contribution in [2.75, 3.05) is 6.54 Å². The van der Waals surface area contributed by atoms with Crippen LogP contribution in [-0.2, 0) is 39.3 Å². The Hall–Kier alpha value is -3.64. The lowest BCUT2D eigenvalue weighted by Gasteiger charge is -2.30. The second-order valence-electron chi connectivity index (χ2n) is 8.13. The maximum atomic E-state index is 13.2. The van der Waals surface area contributed by atoms with Crippen LogP contribution in [0.4, 0.5) is 13.2 Å². The molecule has 3 aromatic rings. The lowest BCUT2D eigenvalue weighted by molar-refractivity contribution is -0.137. The molecule has 0 aliphatic carbocycles. The van der Waals surface area contributed by atoms with E-state index in [9.17, 15) is 22.8 Å². The summed E-state index contributed by atoms with van der Waals surface area (Å²) < 4.78 is 41.0. The molecule has 9 heteroatoms. The van der Waals surface area contributed by atoms with Crippen LogP contribution >= 0.6 is 0 Å². The summed E-state index contributed by atoms with van der Waals surface area (Å²) in [5, 5.41) is 9.10. The fourth-order valence-corrected chi connectivity index (χ4v) is 4.17. The predicted octanol–water partition coefficient (Wildman–Crippen LogP) is 3.04. The molecule has 0 unspecified atom stereocenters. The molecule has 0 spiro atoms. The average Bonchev–Trinajstić information content (AvgIpc) is 2.80. The summed E-state index contributed by atoms with van der Waals surface area (Å²) in [6, 6.07) is 13.8. The second-order valence-corrected chi connectivity index (χ2v) is 8.13. The minimum atomic E-state index is -4.45. The summed E-state index contributed by atoms with van der Waals surface area (Å²) in [5.74, 6) is 0. The van der Waals surface area contributed by atoms with Gasteiger partial charge in [0.1, 0.15) is 0 Å². The van der Waals surface area contributed by atoms with Crippen molar-refractivity contribution in [2.45, 2.75) is 32.2 Å². The van der Waals surface area contributed by atoms with Crippen molar-refractivity contribution in [3.05, 3.63) is 103 Å². The monoisotopic (exact) mass is 454 g/mol. The topological polar surface area (TPSA) is 71.0 Å². The van der Waals surface area contributed by atoms with Gasteiger partial charge in [0.15, 0.2) is 0 Å². The third kappa shape index (κ3) is 4.61. The number of benzene rings is 2. The Labute approximate surface area is 187 Å². The molecule has 2 heterocycles. The normalized spacial score (nSPS) is 14.0. The van der Waals surface area contributed by atoms with Gasteiger partial charge in [0.2, 0.25) is 0 Å². The van der Waals surface area contributed by atoms with E-state index in [4.69, 9.17) is 5.26 Å². The van der Waals surface area contributed by atoms with Gasteiger partial charge in [-0.25, -0.2) is 4.79 Å². The lowest BCUT2D eigenvalue weighted by atomic mass is 10.0. The van der Waals surface area contributed by atoms with E-state index in [1.807, 2.05) is 12.1 Å². The number of fused-ring (bicyclic) bond motifs is 1. The molecule has 33 heavy (non-hydrogen) atoms. The van der Waals surface area contributed by atoms with E-state index >= 15 is 0 Å². The maximum Gasteiger partial charge on any atom is 0.416 e. The van der Waals surface area contributed by atoms with E-state index in [0.717, 1.165) is 22.3 Å². The first-order chi connectivity index (χ1) is 15.7. The van der Waals surface area contributed by atoms with Crippen LogP contribution in [-0.4, -0.2) is 20.6 Å². The third-order valence-corrected chi connectivity index (χ3v) is 5.91. The number of alkyl halides is 3. The zero-order chi connectivity index (χ0) is 23.8. The van der Waals surface area contributed by atoms with Crippen molar-refractivity contribution in [1.29, 1.82) is 5.26 Å². The summed E-state index contributed by atoms with van der Waals surface area (Å²) in [5.41, 5.74) is 1.43. The van der Waals surface area contributed by atoms with Crippen LogP contribution < -0.4 is 11.2 Å². The molecule has 0 fully saturated rings. The van der Waals surface area contributed by atoms with Crippen LogP contribution in [0.3, 0.4) is 0 Å². The van der Waals surface area contributed by atoms with Gasteiger partial charge in [0.25, 0.3) is 5.56 Å². The number of rotatable bonds is 4. The van der Waals surface area contributed by atoms with Crippen LogP contribution in [0.2, 0.25) is 0 Å². The third-order valence-electron chi connectivity index (χ3n) is 5.91. The van der Waals surface area contributed by atoms with Crippen LogP contribution in [0, 0.1) is 11.3 Å². The van der Waals surface area contributed by atoms with Gasteiger partial charge in [-0.15, -0.1) is 0 Å². The fourth-order valence-electron chi connectivity index (χ4n) is 4.17. The summed E-state index contributed by atoms with van der Waals surface area (Å²) >= 11 is 0. The van der Waals surface area contributed by atoms with Gasteiger partial charge in [0, 0.05) is 38.8 Å². The van der Waals surface area contributed by atoms with E-state index in [0.29, 0.717) is 48.4 Å². The molecule has 1 aromatic heterocycles. The number of hydrogen-bond acceptors (Lipinski definition) is 4. The molecule has 6 nitrogen and oxygen atoms in total. The van der Waals surface area contributed by atoms with Gasteiger partial charge in [-0.1, -0.05) is 24.3 Å². The molecule has 0 N–H and O–H groups in total. The van der Waals surface area contributed by atoms with Crippen LogP contribution in [0.1, 0.15) is 33.5 Å². The van der Waals surface area contributed by atoms with Crippen LogP contribution in [0.25, 0.3) is 0 Å². The summed E-state index contributed by atoms with van der Waals surface area (Å²) in [6.07, 6.45) is -3.93. The molecular weight excluding hydrogens is 433 g/mol. The van der Waals surface area contributed by atoms with E-state index < -0.39 is 23.0 Å². The van der Waals surface area contributed by atoms with Gasteiger partial charge in [-0.3, -0.25) is 14.3 Å². The zero-order valence-corrected chi connectivity index (χ0v) is 17.9. The smallest absolute Gasteiger partial charge is 0.300 e. The van der Waals surface area contributed by atoms with E-state index in [1.54, 1.807) is 19.2 Å². The molecule has 4 rings (SSSR count). The summed E-state index contributed by atoms with van der Waals surface area (Å²) in [4.78, 5) is 28.1. The van der Waals surface area contributed by atoms with E-state index in [2.05, 4.69) is 11.0 Å². The number of halogens is 3. The van der Waals surface area contributed by atoms with Gasteiger partial charge >= 0.3 is 11.9 Å². The Kier molecular flexibility index (Phi) is 5.95. The summed E-state index contributed by atoms with van der Waals surface area (Å²) in [6.45, 7) is 1.43. The molecule has 1 aliphatic rings. The molecular formula is C24H21F3N4O2. The van der Waals surface area contributed by atoms with Crippen LogP contribution in [0.5, 0.6) is 0 Å². The molecule has 0 saturated heterocycles. The summed E-state index contributed by atoms with van der Waals surface area (Å²) in [7, 11) is 1.61. The van der Waals surface area contributed by atoms with Gasteiger partial charge in [-0.05, 0) is 35.4 Å². The van der Waals surface area contributed by atoms with Crippen molar-refractivity contribution in [3.8, 4) is 6.07 Å². The standard InChI is InChI=1S/C24H21F3N4O2/c1-29-21-9-10-30(13-18-4-2-3-17(11-18)12-28)15-20(21)22(32)31(23(29)33)14-16-5-7-19(8-6-16)24(25,26)27/h2-8,11H,9-10,13-15H2,1H3. The van der Waals surface area contributed by atoms with Crippen molar-refractivity contribution in [1.82, 2.24) is 14.0 Å². The Morgan fingerprint density at radius 2 is 1.76 bits per heavy atom. The largest absolute Gasteiger partial charge is 0.416 e. The molecule has 170 valence electrons. The Bertz CT molecular complexity index is 1350. The number of nitriles is 1. The van der Waals surface area contributed by atoms with Gasteiger partial charge < -0.3 is 4.57 Å². The Morgan fingerprint density at radius 3 is 2.42 bits per heavy atom. The minimum absolute atomic E-state index is 0.110. The molecule has 0 radical (unpaired) electrons. The average molecular weight is 454 g/mol. The highest BCUT2D eigenvalue weighted by Gasteiger charge is 2.30. The molecule has 0 amide bonds. The minimum Gasteiger partial charge on any atom is -0.300 e.